The van der Waals surface area contributed by atoms with Gasteiger partial charge in [0.2, 0.25) is 0 Å². The van der Waals surface area contributed by atoms with Gasteiger partial charge in [-0.2, -0.15) is 0 Å². The number of hydrogen-bond donors (Lipinski definition) is 0. The molecule has 2 aromatic carbocycles. The predicted octanol–water partition coefficient (Wildman–Crippen LogP) is 3.53. The zero-order valence-corrected chi connectivity index (χ0v) is 11.3. The first-order valence-corrected chi connectivity index (χ1v) is 6.04. The quantitative estimate of drug-likeness (QED) is 0.622. The molecule has 0 amide bonds. The van der Waals surface area contributed by atoms with Gasteiger partial charge in [0.1, 0.15) is 0 Å². The summed E-state index contributed by atoms with van der Waals surface area (Å²) in [5.41, 5.74) is 2.59. The number of benzene rings is 2. The molecule has 0 aromatic heterocycles. The maximum absolute atomic E-state index is 12.1. The molecule has 0 bridgehead atoms. The second-order valence-electron chi connectivity index (χ2n) is 4.36. The first kappa shape index (κ1) is 13.1. The highest BCUT2D eigenvalue weighted by Crippen LogP contribution is 2.27. The zero-order chi connectivity index (χ0) is 13.8. The molecule has 3 heteroatoms. The van der Waals surface area contributed by atoms with E-state index < -0.39 is 0 Å². The molecular weight excluding hydrogens is 240 g/mol. The monoisotopic (exact) mass is 256 g/mol. The van der Waals surface area contributed by atoms with Crippen LogP contribution >= 0.6 is 0 Å². The van der Waals surface area contributed by atoms with E-state index in [0.29, 0.717) is 17.1 Å². The number of ether oxygens (including phenoxy) is 2. The molecule has 0 saturated heterocycles. The molecule has 0 unspecified atom stereocenters. The summed E-state index contributed by atoms with van der Waals surface area (Å²) in [4.78, 5) is 12.1. The summed E-state index contributed by atoms with van der Waals surface area (Å²) >= 11 is 0. The van der Waals surface area contributed by atoms with Crippen molar-refractivity contribution in [3.8, 4) is 11.5 Å². The number of rotatable bonds is 3. The predicted molar refractivity (Wildman–Crippen MR) is 73.9 cm³/mol. The normalized spacial score (nSPS) is 10.1. The number of hydrogen-bond acceptors (Lipinski definition) is 3. The summed E-state index contributed by atoms with van der Waals surface area (Å²) in [5.74, 6) is 0.595. The smallest absolute Gasteiger partial charge is 0.343 e. The van der Waals surface area contributed by atoms with Gasteiger partial charge in [0, 0.05) is 0 Å². The fraction of sp³-hybridized carbons (Fsp3) is 0.188. The third kappa shape index (κ3) is 2.94. The van der Waals surface area contributed by atoms with Gasteiger partial charge >= 0.3 is 5.97 Å². The van der Waals surface area contributed by atoms with E-state index in [4.69, 9.17) is 9.47 Å². The Labute approximate surface area is 112 Å². The first-order valence-electron chi connectivity index (χ1n) is 6.04. The lowest BCUT2D eigenvalue weighted by Gasteiger charge is -2.10. The van der Waals surface area contributed by atoms with E-state index in [1.807, 2.05) is 32.0 Å². The van der Waals surface area contributed by atoms with Crippen molar-refractivity contribution in [1.29, 1.82) is 0 Å². The summed E-state index contributed by atoms with van der Waals surface area (Å²) in [6, 6.07) is 12.7. The molecule has 19 heavy (non-hydrogen) atoms. The second-order valence-corrected chi connectivity index (χ2v) is 4.36. The van der Waals surface area contributed by atoms with Crippen molar-refractivity contribution in [2.75, 3.05) is 7.11 Å². The highest BCUT2D eigenvalue weighted by molar-refractivity contribution is 5.92. The standard InChI is InChI=1S/C16H16O3/c1-11-8-9-13(12(2)10-11)16(17)19-15-7-5-4-6-14(15)18-3/h4-10H,1-3H3. The van der Waals surface area contributed by atoms with E-state index in [-0.39, 0.29) is 5.97 Å². The zero-order valence-electron chi connectivity index (χ0n) is 11.3. The van der Waals surface area contributed by atoms with Crippen LogP contribution in [0.3, 0.4) is 0 Å². The van der Waals surface area contributed by atoms with E-state index >= 15 is 0 Å². The number of carbonyl (C=O) groups excluding carboxylic acids is 1. The Morgan fingerprint density at radius 1 is 1.00 bits per heavy atom. The van der Waals surface area contributed by atoms with Crippen LogP contribution in [0.2, 0.25) is 0 Å². The Hall–Kier alpha value is -2.29. The lowest BCUT2D eigenvalue weighted by molar-refractivity contribution is 0.0729. The topological polar surface area (TPSA) is 35.5 Å². The van der Waals surface area contributed by atoms with Gasteiger partial charge in [-0.3, -0.25) is 0 Å². The fourth-order valence-electron chi connectivity index (χ4n) is 1.90. The van der Waals surface area contributed by atoms with Gasteiger partial charge in [-0.1, -0.05) is 29.8 Å². The van der Waals surface area contributed by atoms with Gasteiger partial charge in [0.05, 0.1) is 12.7 Å². The van der Waals surface area contributed by atoms with Crippen LogP contribution in [0.1, 0.15) is 21.5 Å². The van der Waals surface area contributed by atoms with Crippen molar-refractivity contribution in [2.24, 2.45) is 0 Å². The Balaban J connectivity index is 2.26. The molecule has 3 nitrogen and oxygen atoms in total. The van der Waals surface area contributed by atoms with Crippen molar-refractivity contribution in [2.45, 2.75) is 13.8 Å². The minimum Gasteiger partial charge on any atom is -0.493 e. The molecule has 0 N–H and O–H groups in total. The third-order valence-electron chi connectivity index (χ3n) is 2.87. The Morgan fingerprint density at radius 2 is 1.68 bits per heavy atom. The molecule has 0 saturated carbocycles. The first-order chi connectivity index (χ1) is 9.11. The van der Waals surface area contributed by atoms with Crippen LogP contribution in [-0.4, -0.2) is 13.1 Å². The molecule has 0 aliphatic carbocycles. The molecule has 0 aliphatic rings. The summed E-state index contributed by atoms with van der Waals surface area (Å²) in [6.07, 6.45) is 0. The minimum absolute atomic E-state index is 0.373. The van der Waals surface area contributed by atoms with Gasteiger partial charge in [-0.25, -0.2) is 4.79 Å². The summed E-state index contributed by atoms with van der Waals surface area (Å²) in [5, 5.41) is 0. The summed E-state index contributed by atoms with van der Waals surface area (Å²) in [6.45, 7) is 3.88. The highest BCUT2D eigenvalue weighted by atomic mass is 16.6. The second kappa shape index (κ2) is 5.57. The lowest BCUT2D eigenvalue weighted by Crippen LogP contribution is -2.11. The number of para-hydroxylation sites is 2. The molecule has 0 fully saturated rings. The van der Waals surface area contributed by atoms with Crippen molar-refractivity contribution in [1.82, 2.24) is 0 Å². The van der Waals surface area contributed by atoms with Crippen LogP contribution < -0.4 is 9.47 Å². The maximum Gasteiger partial charge on any atom is 0.343 e. The van der Waals surface area contributed by atoms with Crippen LogP contribution in [0.15, 0.2) is 42.5 Å². The molecular formula is C16H16O3. The molecule has 0 radical (unpaired) electrons. The number of methoxy groups -OCH3 is 1. The molecule has 0 heterocycles. The SMILES string of the molecule is COc1ccccc1OC(=O)c1ccc(C)cc1C. The molecule has 98 valence electrons. The van der Waals surface area contributed by atoms with Crippen LogP contribution in [0, 0.1) is 13.8 Å². The van der Waals surface area contributed by atoms with Crippen molar-refractivity contribution in [3.05, 3.63) is 59.2 Å². The fourth-order valence-corrected chi connectivity index (χ4v) is 1.90. The van der Waals surface area contributed by atoms with Gasteiger partial charge in [0.25, 0.3) is 0 Å². The van der Waals surface area contributed by atoms with Gasteiger partial charge in [0.15, 0.2) is 11.5 Å². The maximum atomic E-state index is 12.1. The Kier molecular flexibility index (Phi) is 3.85. The van der Waals surface area contributed by atoms with Gasteiger partial charge < -0.3 is 9.47 Å². The number of carbonyl (C=O) groups is 1. The largest absolute Gasteiger partial charge is 0.493 e. The molecule has 2 aromatic rings. The lowest BCUT2D eigenvalue weighted by atomic mass is 10.1. The Morgan fingerprint density at radius 3 is 2.32 bits per heavy atom. The third-order valence-corrected chi connectivity index (χ3v) is 2.87. The molecule has 0 atom stereocenters. The average molecular weight is 256 g/mol. The van der Waals surface area contributed by atoms with Crippen molar-refractivity contribution >= 4 is 5.97 Å². The van der Waals surface area contributed by atoms with Crippen LogP contribution in [-0.2, 0) is 0 Å². The van der Waals surface area contributed by atoms with Gasteiger partial charge in [-0.15, -0.1) is 0 Å². The van der Waals surface area contributed by atoms with E-state index in [9.17, 15) is 4.79 Å². The molecule has 2 rings (SSSR count). The van der Waals surface area contributed by atoms with Crippen molar-refractivity contribution < 1.29 is 14.3 Å². The summed E-state index contributed by atoms with van der Waals surface area (Å²) < 4.78 is 10.5. The van der Waals surface area contributed by atoms with Crippen LogP contribution in [0.25, 0.3) is 0 Å². The average Bonchev–Trinajstić information content (AvgIpc) is 2.39. The number of aryl methyl sites for hydroxylation is 2. The van der Waals surface area contributed by atoms with Gasteiger partial charge in [-0.05, 0) is 37.6 Å². The van der Waals surface area contributed by atoms with E-state index in [1.54, 1.807) is 31.4 Å². The minimum atomic E-state index is -0.373. The highest BCUT2D eigenvalue weighted by Gasteiger charge is 2.13. The van der Waals surface area contributed by atoms with Crippen LogP contribution in [0.4, 0.5) is 0 Å². The van der Waals surface area contributed by atoms with Crippen LogP contribution in [0.5, 0.6) is 11.5 Å². The number of esters is 1. The molecule has 0 spiro atoms. The molecule has 0 aliphatic heterocycles. The summed E-state index contributed by atoms with van der Waals surface area (Å²) in [7, 11) is 1.55. The van der Waals surface area contributed by atoms with E-state index in [0.717, 1.165) is 11.1 Å². The van der Waals surface area contributed by atoms with Crippen molar-refractivity contribution in [3.63, 3.8) is 0 Å². The van der Waals surface area contributed by atoms with E-state index in [1.165, 1.54) is 0 Å². The van der Waals surface area contributed by atoms with E-state index in [2.05, 4.69) is 0 Å². The Bertz CT molecular complexity index is 603.